The number of alkyl halides is 1. The van der Waals surface area contributed by atoms with Gasteiger partial charge in [-0.1, -0.05) is 13.8 Å². The topological polar surface area (TPSA) is 104 Å². The van der Waals surface area contributed by atoms with Gasteiger partial charge in [0.2, 0.25) is 0 Å². The molecule has 10 heteroatoms. The van der Waals surface area contributed by atoms with Crippen molar-refractivity contribution in [1.29, 1.82) is 5.26 Å². The summed E-state index contributed by atoms with van der Waals surface area (Å²) in [6.07, 6.45) is 4.75. The highest BCUT2D eigenvalue weighted by Gasteiger charge is 2.42. The maximum absolute atomic E-state index is 14.7. The predicted octanol–water partition coefficient (Wildman–Crippen LogP) is 4.21. The third kappa shape index (κ3) is 4.68. The van der Waals surface area contributed by atoms with E-state index in [2.05, 4.69) is 16.2 Å². The summed E-state index contributed by atoms with van der Waals surface area (Å²) >= 11 is 0. The molecule has 5 rings (SSSR count). The fraction of sp³-hybridized carbons (Fsp3) is 0.385. The number of ether oxygens (including phenoxy) is 1. The van der Waals surface area contributed by atoms with Gasteiger partial charge in [0.25, 0.3) is 0 Å². The van der Waals surface area contributed by atoms with Crippen LogP contribution >= 0.6 is 0 Å². The summed E-state index contributed by atoms with van der Waals surface area (Å²) in [4.78, 5) is 5.27. The lowest BCUT2D eigenvalue weighted by molar-refractivity contribution is -0.0463. The highest BCUT2D eigenvalue weighted by atomic mass is 32.2. The second kappa shape index (κ2) is 9.56. The fourth-order valence-electron chi connectivity index (χ4n) is 4.73. The molecule has 2 aromatic heterocycles. The van der Waals surface area contributed by atoms with Crippen LogP contribution in [-0.4, -0.2) is 66.8 Å². The summed E-state index contributed by atoms with van der Waals surface area (Å²) in [5, 5.41) is 15.7. The van der Waals surface area contributed by atoms with E-state index in [9.17, 15) is 18.1 Å². The van der Waals surface area contributed by atoms with Crippen molar-refractivity contribution < 1.29 is 17.5 Å². The largest absolute Gasteiger partial charge is 0.486 e. The first-order valence-corrected chi connectivity index (χ1v) is 13.7. The Bertz CT molecular complexity index is 1580. The Morgan fingerprint density at radius 1 is 1.28 bits per heavy atom. The molecule has 1 N–H and O–H groups in total. The molecule has 2 aromatic carbocycles. The van der Waals surface area contributed by atoms with E-state index in [4.69, 9.17) is 4.74 Å². The zero-order valence-corrected chi connectivity index (χ0v) is 21.9. The molecule has 0 atom stereocenters. The maximum atomic E-state index is 14.7. The first-order chi connectivity index (χ1) is 17.1. The lowest BCUT2D eigenvalue weighted by Gasteiger charge is -2.41. The smallest absolute Gasteiger partial charge is 0.175 e. The van der Waals surface area contributed by atoms with Crippen LogP contribution < -0.4 is 4.74 Å². The Kier molecular flexibility index (Phi) is 6.82. The van der Waals surface area contributed by atoms with Crippen molar-refractivity contribution in [3.63, 3.8) is 0 Å². The van der Waals surface area contributed by atoms with Gasteiger partial charge in [0.1, 0.15) is 18.2 Å². The summed E-state index contributed by atoms with van der Waals surface area (Å²) in [6, 6.07) is 9.00. The molecule has 0 aliphatic carbocycles. The van der Waals surface area contributed by atoms with E-state index in [1.54, 1.807) is 35.3 Å². The monoisotopic (exact) mass is 511 g/mol. The van der Waals surface area contributed by atoms with Crippen molar-refractivity contribution in [2.75, 3.05) is 33.0 Å². The molecule has 0 spiro atoms. The van der Waals surface area contributed by atoms with Crippen LogP contribution in [0.15, 0.2) is 41.6 Å². The van der Waals surface area contributed by atoms with Gasteiger partial charge in [-0.3, -0.25) is 9.58 Å². The summed E-state index contributed by atoms with van der Waals surface area (Å²) in [7, 11) is -1.66. The quantitative estimate of drug-likeness (QED) is 0.416. The number of nitrogens with zero attached hydrogens (tertiary/aromatic N) is 4. The van der Waals surface area contributed by atoms with Crippen molar-refractivity contribution in [3.8, 4) is 11.8 Å². The lowest BCUT2D eigenvalue weighted by atomic mass is 9.98. The Morgan fingerprint density at radius 2 is 2.00 bits per heavy atom. The number of hydrogen-bond donors (Lipinski definition) is 1. The maximum Gasteiger partial charge on any atom is 0.175 e. The van der Waals surface area contributed by atoms with Gasteiger partial charge in [-0.05, 0) is 43.8 Å². The molecule has 1 aliphatic heterocycles. The normalized spacial score (nSPS) is 15.2. The van der Waals surface area contributed by atoms with Crippen LogP contribution in [0.3, 0.4) is 0 Å². The van der Waals surface area contributed by atoms with Crippen LogP contribution in [0.4, 0.5) is 4.39 Å². The molecule has 4 aromatic rings. The van der Waals surface area contributed by atoms with Gasteiger partial charge in [0.15, 0.2) is 21.3 Å². The zero-order valence-electron chi connectivity index (χ0n) is 21.1. The lowest BCUT2D eigenvalue weighted by Crippen LogP contribution is -2.60. The van der Waals surface area contributed by atoms with Crippen molar-refractivity contribution in [2.24, 2.45) is 0 Å². The Hall–Kier alpha value is -3.42. The number of aryl methyl sites for hydroxylation is 1. The van der Waals surface area contributed by atoms with E-state index >= 15 is 0 Å². The minimum Gasteiger partial charge on any atom is -0.486 e. The van der Waals surface area contributed by atoms with Gasteiger partial charge in [-0.15, -0.1) is 0 Å². The van der Waals surface area contributed by atoms with Crippen LogP contribution in [0.5, 0.6) is 5.75 Å². The molecular weight excluding hydrogens is 481 g/mol. The number of hydrogen-bond acceptors (Lipinski definition) is 6. The molecule has 8 nitrogen and oxygen atoms in total. The molecule has 0 radical (unpaired) electrons. The zero-order chi connectivity index (χ0) is 26.3. The first kappa shape index (κ1) is 25.7. The van der Waals surface area contributed by atoms with Crippen molar-refractivity contribution in [2.45, 2.75) is 37.9 Å². The molecule has 1 saturated heterocycles. The molecule has 3 heterocycles. The standard InChI is InChI=1S/C24H24FN5O3S.C2H6/c1-15-8-20(34(3,31)32)19(18-6-7-27-21(15)18)11-30-10-17-5-4-16(9-26)23(22(17)28-30)33-14-24(25)12-29(2)13-24;1-2/h4-8,10,27H,11-14H2,1-3H3;1-2H3. The molecule has 190 valence electrons. The van der Waals surface area contributed by atoms with Gasteiger partial charge < -0.3 is 9.72 Å². The van der Waals surface area contributed by atoms with Gasteiger partial charge in [0, 0.05) is 53.6 Å². The highest BCUT2D eigenvalue weighted by Crippen LogP contribution is 2.33. The van der Waals surface area contributed by atoms with Gasteiger partial charge in [0.05, 0.1) is 17.0 Å². The molecular formula is C26H30FN5O3S. The number of fused-ring (bicyclic) bond motifs is 2. The molecule has 36 heavy (non-hydrogen) atoms. The third-order valence-electron chi connectivity index (χ3n) is 6.21. The van der Waals surface area contributed by atoms with E-state index in [0.717, 1.165) is 16.5 Å². The summed E-state index contributed by atoms with van der Waals surface area (Å²) < 4.78 is 47.3. The van der Waals surface area contributed by atoms with Crippen LogP contribution in [-0.2, 0) is 16.4 Å². The van der Waals surface area contributed by atoms with E-state index in [1.807, 2.05) is 38.8 Å². The summed E-state index contributed by atoms with van der Waals surface area (Å²) in [6.45, 7) is 6.44. The molecule has 1 fully saturated rings. The first-order valence-electron chi connectivity index (χ1n) is 11.8. The van der Waals surface area contributed by atoms with E-state index in [1.165, 1.54) is 6.26 Å². The Labute approximate surface area is 210 Å². The van der Waals surface area contributed by atoms with E-state index in [-0.39, 0.29) is 42.4 Å². The van der Waals surface area contributed by atoms with Crippen LogP contribution in [0.2, 0.25) is 0 Å². The SMILES string of the molecule is CC.Cc1cc(S(C)(=O)=O)c(Cn2cc3ccc(C#N)c(OCC4(F)CN(C)C4)c3n2)c2cc[nH]c12. The number of likely N-dealkylation sites (tertiary alicyclic amines) is 1. The number of nitrogens with one attached hydrogen (secondary N) is 1. The number of H-pyrrole nitrogens is 1. The number of aromatic nitrogens is 3. The van der Waals surface area contributed by atoms with Crippen molar-refractivity contribution in [1.82, 2.24) is 19.7 Å². The van der Waals surface area contributed by atoms with Crippen LogP contribution in [0.25, 0.3) is 21.8 Å². The van der Waals surface area contributed by atoms with Crippen LogP contribution in [0.1, 0.15) is 30.5 Å². The highest BCUT2D eigenvalue weighted by molar-refractivity contribution is 7.90. The van der Waals surface area contributed by atoms with Crippen LogP contribution in [0, 0.1) is 18.3 Å². The summed E-state index contributed by atoms with van der Waals surface area (Å²) in [5.41, 5.74) is 1.58. The van der Waals surface area contributed by atoms with Gasteiger partial charge >= 0.3 is 0 Å². The Morgan fingerprint density at radius 3 is 2.64 bits per heavy atom. The van der Waals surface area contributed by atoms with E-state index in [0.29, 0.717) is 16.5 Å². The summed E-state index contributed by atoms with van der Waals surface area (Å²) in [5.74, 6) is 0.240. The van der Waals surface area contributed by atoms with Gasteiger partial charge in [-0.25, -0.2) is 12.8 Å². The minimum absolute atomic E-state index is 0.168. The average molecular weight is 512 g/mol. The van der Waals surface area contributed by atoms with Crippen molar-refractivity contribution >= 4 is 31.6 Å². The van der Waals surface area contributed by atoms with Gasteiger partial charge in [-0.2, -0.15) is 10.4 Å². The minimum atomic E-state index is -3.49. The molecule has 0 unspecified atom stereocenters. The average Bonchev–Trinajstić information content (AvgIpc) is 3.46. The fourth-order valence-corrected chi connectivity index (χ4v) is 5.75. The molecule has 0 bridgehead atoms. The second-order valence-corrected chi connectivity index (χ2v) is 11.1. The molecule has 1 aliphatic rings. The van der Waals surface area contributed by atoms with Crippen molar-refractivity contribution in [3.05, 3.63) is 53.3 Å². The number of rotatable bonds is 6. The Balaban J connectivity index is 0.00000148. The van der Waals surface area contributed by atoms with E-state index < -0.39 is 15.5 Å². The predicted molar refractivity (Wildman–Crippen MR) is 138 cm³/mol. The number of nitriles is 1. The molecule has 0 saturated carbocycles. The number of sulfone groups is 1. The second-order valence-electron chi connectivity index (χ2n) is 9.14. The molecule has 0 amide bonds. The third-order valence-corrected chi connectivity index (χ3v) is 7.38. The number of benzene rings is 2. The number of aromatic amines is 1. The number of halogens is 1.